The normalized spacial score (nSPS) is 16.1. The second kappa shape index (κ2) is 7.40. The van der Waals surface area contributed by atoms with Crippen LogP contribution in [-0.4, -0.2) is 16.8 Å². The van der Waals surface area contributed by atoms with E-state index in [1.165, 1.54) is 18.3 Å². The topological polar surface area (TPSA) is 71.1 Å². The van der Waals surface area contributed by atoms with Crippen LogP contribution >= 0.6 is 11.3 Å². The van der Waals surface area contributed by atoms with Crippen LogP contribution in [0.3, 0.4) is 0 Å². The van der Waals surface area contributed by atoms with Gasteiger partial charge in [0.1, 0.15) is 0 Å². The van der Waals surface area contributed by atoms with Crippen molar-refractivity contribution in [2.45, 2.75) is 26.2 Å². The van der Waals surface area contributed by atoms with Crippen LogP contribution in [0.5, 0.6) is 0 Å². The van der Waals surface area contributed by atoms with E-state index in [4.69, 9.17) is 0 Å². The first-order valence-corrected chi connectivity index (χ1v) is 8.78. The minimum atomic E-state index is -0.0986. The summed E-state index contributed by atoms with van der Waals surface area (Å²) in [4.78, 5) is 27.5. The Kier molecular flexibility index (Phi) is 5.05. The number of carbonyl (C=O) groups excluding carboxylic acids is 2. The molecule has 124 valence electrons. The van der Waals surface area contributed by atoms with Crippen LogP contribution in [-0.2, 0) is 9.59 Å². The lowest BCUT2D eigenvalue weighted by molar-refractivity contribution is -0.117. The molecule has 0 saturated carbocycles. The Morgan fingerprint density at radius 1 is 1.25 bits per heavy atom. The summed E-state index contributed by atoms with van der Waals surface area (Å²) in [6.07, 6.45) is 6.87. The predicted octanol–water partition coefficient (Wildman–Crippen LogP) is 4.06. The van der Waals surface area contributed by atoms with E-state index in [2.05, 4.69) is 27.8 Å². The van der Waals surface area contributed by atoms with Gasteiger partial charge in [0, 0.05) is 30.0 Å². The fourth-order valence-corrected chi connectivity index (χ4v) is 3.40. The van der Waals surface area contributed by atoms with E-state index >= 15 is 0 Å². The lowest BCUT2D eigenvalue weighted by Crippen LogP contribution is -2.14. The van der Waals surface area contributed by atoms with Crippen molar-refractivity contribution in [3.63, 3.8) is 0 Å². The maximum absolute atomic E-state index is 12.0. The van der Waals surface area contributed by atoms with E-state index in [0.717, 1.165) is 29.8 Å². The van der Waals surface area contributed by atoms with E-state index in [0.29, 0.717) is 17.5 Å². The minimum absolute atomic E-state index is 0.00783. The van der Waals surface area contributed by atoms with Crippen LogP contribution in [0.4, 0.5) is 10.8 Å². The van der Waals surface area contributed by atoms with Crippen LogP contribution in [0.25, 0.3) is 11.3 Å². The molecule has 1 aliphatic rings. The number of carbonyl (C=O) groups is 2. The molecular formula is C18H19N3O2S. The maximum atomic E-state index is 12.0. The molecule has 24 heavy (non-hydrogen) atoms. The summed E-state index contributed by atoms with van der Waals surface area (Å²) in [6.45, 7) is 1.48. The Morgan fingerprint density at radius 2 is 2.04 bits per heavy atom. The van der Waals surface area contributed by atoms with Gasteiger partial charge < -0.3 is 10.6 Å². The Hall–Kier alpha value is -2.47. The number of hydrogen-bond donors (Lipinski definition) is 2. The molecule has 2 aromatic rings. The lowest BCUT2D eigenvalue weighted by Gasteiger charge is -2.06. The first-order valence-electron chi connectivity index (χ1n) is 7.90. The van der Waals surface area contributed by atoms with Gasteiger partial charge in [0.25, 0.3) is 0 Å². The number of anilines is 2. The molecule has 6 heteroatoms. The Balaban J connectivity index is 1.61. The van der Waals surface area contributed by atoms with Crippen LogP contribution < -0.4 is 10.6 Å². The highest BCUT2D eigenvalue weighted by molar-refractivity contribution is 7.14. The molecule has 0 bridgehead atoms. The standard InChI is InChI=1S/C18H19N3O2S/c1-12(22)19-15-8-6-14(7-9-15)16-11-24-18(20-16)21-17(23)10-13-4-2-3-5-13/h2,4,6-9,11,13H,3,5,10H2,1H3,(H,19,22)(H,20,21,23). The van der Waals surface area contributed by atoms with E-state index in [1.54, 1.807) is 0 Å². The maximum Gasteiger partial charge on any atom is 0.226 e. The molecule has 1 aromatic carbocycles. The second-order valence-corrected chi connectivity index (χ2v) is 6.67. The van der Waals surface area contributed by atoms with Gasteiger partial charge in [-0.05, 0) is 30.9 Å². The molecule has 0 fully saturated rings. The number of allylic oxidation sites excluding steroid dienone is 2. The van der Waals surface area contributed by atoms with Crippen molar-refractivity contribution in [1.29, 1.82) is 0 Å². The molecule has 1 aromatic heterocycles. The monoisotopic (exact) mass is 341 g/mol. The third-order valence-corrected chi connectivity index (χ3v) is 4.57. The number of aromatic nitrogens is 1. The summed E-state index contributed by atoms with van der Waals surface area (Å²) in [5.41, 5.74) is 2.50. The van der Waals surface area contributed by atoms with Crippen molar-refractivity contribution in [2.24, 2.45) is 5.92 Å². The van der Waals surface area contributed by atoms with Crippen molar-refractivity contribution >= 4 is 34.0 Å². The molecule has 0 aliphatic heterocycles. The van der Waals surface area contributed by atoms with Gasteiger partial charge in [-0.2, -0.15) is 0 Å². The van der Waals surface area contributed by atoms with Crippen LogP contribution in [0.1, 0.15) is 26.2 Å². The van der Waals surface area contributed by atoms with Gasteiger partial charge in [-0.1, -0.05) is 24.3 Å². The van der Waals surface area contributed by atoms with Gasteiger partial charge in [0.15, 0.2) is 5.13 Å². The van der Waals surface area contributed by atoms with E-state index in [1.807, 2.05) is 29.6 Å². The van der Waals surface area contributed by atoms with E-state index in [9.17, 15) is 9.59 Å². The number of thiazole rings is 1. The van der Waals surface area contributed by atoms with Gasteiger partial charge in [-0.25, -0.2) is 4.98 Å². The van der Waals surface area contributed by atoms with Gasteiger partial charge in [-0.3, -0.25) is 9.59 Å². The molecule has 1 heterocycles. The molecule has 0 saturated heterocycles. The van der Waals surface area contributed by atoms with Gasteiger partial charge >= 0.3 is 0 Å². The minimum Gasteiger partial charge on any atom is -0.326 e. The molecule has 1 aliphatic carbocycles. The largest absolute Gasteiger partial charge is 0.326 e. The fourth-order valence-electron chi connectivity index (χ4n) is 2.67. The zero-order chi connectivity index (χ0) is 16.9. The molecule has 0 spiro atoms. The summed E-state index contributed by atoms with van der Waals surface area (Å²) in [7, 11) is 0. The molecule has 1 unspecified atom stereocenters. The predicted molar refractivity (Wildman–Crippen MR) is 97.0 cm³/mol. The SMILES string of the molecule is CC(=O)Nc1ccc(-c2csc(NC(=O)CC3C=CCC3)n2)cc1. The molecule has 2 amide bonds. The fraction of sp³-hybridized carbons (Fsp3) is 0.278. The quantitative estimate of drug-likeness (QED) is 0.806. The number of amides is 2. The number of hydrogen-bond acceptors (Lipinski definition) is 4. The van der Waals surface area contributed by atoms with Crippen molar-refractivity contribution in [3.8, 4) is 11.3 Å². The number of rotatable bonds is 5. The molecule has 0 radical (unpaired) electrons. The smallest absolute Gasteiger partial charge is 0.226 e. The summed E-state index contributed by atoms with van der Waals surface area (Å²) >= 11 is 1.41. The Labute approximate surface area is 144 Å². The van der Waals surface area contributed by atoms with Gasteiger partial charge in [0.05, 0.1) is 5.69 Å². The zero-order valence-corrected chi connectivity index (χ0v) is 14.2. The summed E-state index contributed by atoms with van der Waals surface area (Å²) < 4.78 is 0. The van der Waals surface area contributed by atoms with Crippen molar-refractivity contribution in [1.82, 2.24) is 4.98 Å². The first kappa shape index (κ1) is 16.4. The number of benzene rings is 1. The molecule has 1 atom stereocenters. The summed E-state index contributed by atoms with van der Waals surface area (Å²) in [6, 6.07) is 7.46. The zero-order valence-electron chi connectivity index (χ0n) is 13.4. The average molecular weight is 341 g/mol. The third-order valence-electron chi connectivity index (χ3n) is 3.81. The molecule has 5 nitrogen and oxygen atoms in total. The number of nitrogens with zero attached hydrogens (tertiary/aromatic N) is 1. The highest BCUT2D eigenvalue weighted by atomic mass is 32.1. The summed E-state index contributed by atoms with van der Waals surface area (Å²) in [5.74, 6) is 0.262. The van der Waals surface area contributed by atoms with Crippen molar-refractivity contribution in [2.75, 3.05) is 10.6 Å². The van der Waals surface area contributed by atoms with Crippen molar-refractivity contribution < 1.29 is 9.59 Å². The Morgan fingerprint density at radius 3 is 2.71 bits per heavy atom. The number of nitrogens with one attached hydrogen (secondary N) is 2. The molecule has 2 N–H and O–H groups in total. The molecule has 3 rings (SSSR count). The highest BCUT2D eigenvalue weighted by Crippen LogP contribution is 2.27. The van der Waals surface area contributed by atoms with Crippen LogP contribution in [0, 0.1) is 5.92 Å². The van der Waals surface area contributed by atoms with E-state index < -0.39 is 0 Å². The van der Waals surface area contributed by atoms with E-state index in [-0.39, 0.29) is 11.8 Å². The third kappa shape index (κ3) is 4.29. The average Bonchev–Trinajstić information content (AvgIpc) is 3.19. The van der Waals surface area contributed by atoms with Gasteiger partial charge in [0.2, 0.25) is 11.8 Å². The van der Waals surface area contributed by atoms with Gasteiger partial charge in [-0.15, -0.1) is 11.3 Å². The van der Waals surface area contributed by atoms with Crippen molar-refractivity contribution in [3.05, 3.63) is 41.8 Å². The first-order chi connectivity index (χ1) is 11.6. The molecular weight excluding hydrogens is 322 g/mol. The Bertz CT molecular complexity index is 765. The second-order valence-electron chi connectivity index (χ2n) is 5.81. The highest BCUT2D eigenvalue weighted by Gasteiger charge is 2.15. The van der Waals surface area contributed by atoms with Crippen LogP contribution in [0.15, 0.2) is 41.8 Å². The lowest BCUT2D eigenvalue weighted by atomic mass is 10.1. The summed E-state index contributed by atoms with van der Waals surface area (Å²) in [5, 5.41) is 8.13. The van der Waals surface area contributed by atoms with Crippen LogP contribution in [0.2, 0.25) is 0 Å².